The molecular formula is C16H23ClN2O3. The minimum atomic E-state index is -0.0349. The van der Waals surface area contributed by atoms with E-state index in [1.54, 1.807) is 25.3 Å². The zero-order valence-electron chi connectivity index (χ0n) is 12.8. The minimum Gasteiger partial charge on any atom is -0.495 e. The molecule has 0 saturated carbocycles. The van der Waals surface area contributed by atoms with Gasteiger partial charge in [-0.15, -0.1) is 0 Å². The quantitative estimate of drug-likeness (QED) is 0.842. The van der Waals surface area contributed by atoms with Crippen LogP contribution in [0.2, 0.25) is 5.02 Å². The van der Waals surface area contributed by atoms with Crippen LogP contribution in [0.1, 0.15) is 19.3 Å². The Bertz CT molecular complexity index is 510. The fourth-order valence-electron chi connectivity index (χ4n) is 2.73. The van der Waals surface area contributed by atoms with Gasteiger partial charge in [0.2, 0.25) is 5.91 Å². The molecule has 2 rings (SSSR count). The van der Waals surface area contributed by atoms with Gasteiger partial charge in [0.1, 0.15) is 5.75 Å². The number of benzene rings is 1. The Hall–Kier alpha value is -1.30. The van der Waals surface area contributed by atoms with Crippen LogP contribution < -0.4 is 10.1 Å². The number of piperidine rings is 1. The lowest BCUT2D eigenvalue weighted by Gasteiger charge is -2.31. The van der Waals surface area contributed by atoms with Gasteiger partial charge in [0.05, 0.1) is 12.1 Å². The van der Waals surface area contributed by atoms with Crippen LogP contribution in [0, 0.1) is 5.92 Å². The topological polar surface area (TPSA) is 61.8 Å². The molecule has 0 aromatic heterocycles. The van der Waals surface area contributed by atoms with Gasteiger partial charge in [0, 0.05) is 31.8 Å². The number of hydrogen-bond donors (Lipinski definition) is 2. The van der Waals surface area contributed by atoms with Crippen molar-refractivity contribution in [2.75, 3.05) is 38.7 Å². The van der Waals surface area contributed by atoms with E-state index >= 15 is 0 Å². The van der Waals surface area contributed by atoms with E-state index in [-0.39, 0.29) is 12.5 Å². The van der Waals surface area contributed by atoms with Crippen molar-refractivity contribution < 1.29 is 14.6 Å². The summed E-state index contributed by atoms with van der Waals surface area (Å²) in [4.78, 5) is 14.3. The van der Waals surface area contributed by atoms with E-state index in [9.17, 15) is 9.90 Å². The number of likely N-dealkylation sites (tertiary alicyclic amines) is 1. The molecule has 1 aromatic rings. The van der Waals surface area contributed by atoms with Crippen molar-refractivity contribution in [2.24, 2.45) is 5.92 Å². The molecule has 1 aliphatic heterocycles. The van der Waals surface area contributed by atoms with E-state index in [4.69, 9.17) is 16.3 Å². The Kier molecular flexibility index (Phi) is 6.49. The number of halogens is 1. The Balaban J connectivity index is 1.79. The first kappa shape index (κ1) is 17.1. The Morgan fingerprint density at radius 1 is 1.55 bits per heavy atom. The van der Waals surface area contributed by atoms with E-state index in [1.165, 1.54) is 0 Å². The zero-order chi connectivity index (χ0) is 15.9. The van der Waals surface area contributed by atoms with E-state index in [0.717, 1.165) is 25.9 Å². The maximum absolute atomic E-state index is 12.0. The molecule has 0 aliphatic carbocycles. The number of carbonyl (C=O) groups is 1. The van der Waals surface area contributed by atoms with Crippen LogP contribution in [0.3, 0.4) is 0 Å². The molecule has 0 radical (unpaired) electrons. The van der Waals surface area contributed by atoms with Crippen LogP contribution in [-0.2, 0) is 4.79 Å². The van der Waals surface area contributed by atoms with E-state index in [2.05, 4.69) is 10.2 Å². The standard InChI is InChI=1S/C16H23ClN2O3/c1-22-15-5-4-13(9-14(15)17)18-16(21)6-8-19-7-2-3-12(10-19)11-20/h4-5,9,12,20H,2-3,6-8,10-11H2,1H3,(H,18,21). The highest BCUT2D eigenvalue weighted by Crippen LogP contribution is 2.27. The number of rotatable bonds is 6. The molecule has 1 fully saturated rings. The molecule has 22 heavy (non-hydrogen) atoms. The molecule has 1 heterocycles. The number of nitrogens with zero attached hydrogens (tertiary/aromatic N) is 1. The molecule has 0 bridgehead atoms. The number of carbonyl (C=O) groups excluding carboxylic acids is 1. The van der Waals surface area contributed by atoms with Crippen LogP contribution >= 0.6 is 11.6 Å². The van der Waals surface area contributed by atoms with E-state index in [0.29, 0.717) is 35.3 Å². The highest BCUT2D eigenvalue weighted by Gasteiger charge is 2.19. The maximum atomic E-state index is 12.0. The summed E-state index contributed by atoms with van der Waals surface area (Å²) in [6.45, 7) is 2.82. The fraction of sp³-hybridized carbons (Fsp3) is 0.562. The van der Waals surface area contributed by atoms with Crippen molar-refractivity contribution >= 4 is 23.2 Å². The van der Waals surface area contributed by atoms with Gasteiger partial charge in [-0.25, -0.2) is 0 Å². The first-order valence-corrected chi connectivity index (χ1v) is 7.96. The third-order valence-corrected chi connectivity index (χ3v) is 4.25. The summed E-state index contributed by atoms with van der Waals surface area (Å²) in [5, 5.41) is 12.5. The van der Waals surface area contributed by atoms with Crippen molar-refractivity contribution in [1.29, 1.82) is 0 Å². The Morgan fingerprint density at radius 3 is 3.05 bits per heavy atom. The number of amides is 1. The van der Waals surface area contributed by atoms with Crippen LogP contribution in [0.4, 0.5) is 5.69 Å². The van der Waals surface area contributed by atoms with Gasteiger partial charge < -0.3 is 20.1 Å². The molecule has 122 valence electrons. The fourth-order valence-corrected chi connectivity index (χ4v) is 2.99. The largest absolute Gasteiger partial charge is 0.495 e. The number of hydrogen-bond acceptors (Lipinski definition) is 4. The van der Waals surface area contributed by atoms with Gasteiger partial charge in [-0.1, -0.05) is 11.6 Å². The zero-order valence-corrected chi connectivity index (χ0v) is 13.6. The van der Waals surface area contributed by atoms with Gasteiger partial charge >= 0.3 is 0 Å². The van der Waals surface area contributed by atoms with Crippen molar-refractivity contribution in [2.45, 2.75) is 19.3 Å². The molecule has 1 atom stereocenters. The molecule has 1 aromatic carbocycles. The molecule has 2 N–H and O–H groups in total. The van der Waals surface area contributed by atoms with Crippen molar-refractivity contribution in [3.05, 3.63) is 23.2 Å². The van der Waals surface area contributed by atoms with E-state index < -0.39 is 0 Å². The smallest absolute Gasteiger partial charge is 0.225 e. The molecule has 1 amide bonds. The van der Waals surface area contributed by atoms with Crippen molar-refractivity contribution in [3.63, 3.8) is 0 Å². The second-order valence-corrected chi connectivity index (χ2v) is 6.05. The third kappa shape index (κ3) is 4.87. The number of ether oxygens (including phenoxy) is 1. The number of aliphatic hydroxyl groups excluding tert-OH is 1. The molecule has 1 unspecified atom stereocenters. The molecule has 5 nitrogen and oxygen atoms in total. The highest BCUT2D eigenvalue weighted by molar-refractivity contribution is 6.32. The summed E-state index contributed by atoms with van der Waals surface area (Å²) < 4.78 is 5.08. The lowest BCUT2D eigenvalue weighted by Crippen LogP contribution is -2.38. The van der Waals surface area contributed by atoms with Crippen molar-refractivity contribution in [3.8, 4) is 5.75 Å². The third-order valence-electron chi connectivity index (χ3n) is 3.95. The first-order chi connectivity index (χ1) is 10.6. The normalized spacial score (nSPS) is 19.0. The minimum absolute atomic E-state index is 0.0349. The molecule has 1 saturated heterocycles. The number of aliphatic hydroxyl groups is 1. The average Bonchev–Trinajstić information content (AvgIpc) is 2.53. The highest BCUT2D eigenvalue weighted by atomic mass is 35.5. The molecule has 6 heteroatoms. The van der Waals surface area contributed by atoms with Crippen LogP contribution in [0.25, 0.3) is 0 Å². The van der Waals surface area contributed by atoms with Crippen LogP contribution in [-0.4, -0.2) is 49.3 Å². The monoisotopic (exact) mass is 326 g/mol. The summed E-state index contributed by atoms with van der Waals surface area (Å²) in [5.74, 6) is 0.896. The summed E-state index contributed by atoms with van der Waals surface area (Å²) >= 11 is 6.04. The van der Waals surface area contributed by atoms with Gasteiger partial charge in [0.15, 0.2) is 0 Å². The van der Waals surface area contributed by atoms with Crippen LogP contribution in [0.5, 0.6) is 5.75 Å². The molecule has 0 spiro atoms. The lowest BCUT2D eigenvalue weighted by atomic mass is 9.99. The van der Waals surface area contributed by atoms with Gasteiger partial charge in [-0.2, -0.15) is 0 Å². The number of anilines is 1. The predicted octanol–water partition coefficient (Wildman–Crippen LogP) is 2.38. The van der Waals surface area contributed by atoms with Gasteiger partial charge in [0.25, 0.3) is 0 Å². The molecular weight excluding hydrogens is 304 g/mol. The SMILES string of the molecule is COc1ccc(NC(=O)CCN2CCCC(CO)C2)cc1Cl. The van der Waals surface area contributed by atoms with Gasteiger partial charge in [-0.3, -0.25) is 4.79 Å². The Morgan fingerprint density at radius 2 is 2.36 bits per heavy atom. The second kappa shape index (κ2) is 8.36. The maximum Gasteiger partial charge on any atom is 0.225 e. The second-order valence-electron chi connectivity index (χ2n) is 5.64. The summed E-state index contributed by atoms with van der Waals surface area (Å²) in [6, 6.07) is 5.18. The van der Waals surface area contributed by atoms with E-state index in [1.807, 2.05) is 0 Å². The van der Waals surface area contributed by atoms with Crippen molar-refractivity contribution in [1.82, 2.24) is 4.90 Å². The summed E-state index contributed by atoms with van der Waals surface area (Å²) in [7, 11) is 1.55. The summed E-state index contributed by atoms with van der Waals surface area (Å²) in [6.07, 6.45) is 2.59. The van der Waals surface area contributed by atoms with Gasteiger partial charge in [-0.05, 0) is 43.5 Å². The average molecular weight is 327 g/mol. The molecule has 1 aliphatic rings. The lowest BCUT2D eigenvalue weighted by molar-refractivity contribution is -0.116. The summed E-state index contributed by atoms with van der Waals surface area (Å²) in [5.41, 5.74) is 0.669. The Labute approximate surface area is 136 Å². The van der Waals surface area contributed by atoms with Crippen LogP contribution in [0.15, 0.2) is 18.2 Å². The predicted molar refractivity (Wildman–Crippen MR) is 87.5 cm³/mol. The first-order valence-electron chi connectivity index (χ1n) is 7.59. The number of methoxy groups -OCH3 is 1. The number of nitrogens with one attached hydrogen (secondary N) is 1.